The van der Waals surface area contributed by atoms with Crippen molar-refractivity contribution in [3.63, 3.8) is 0 Å². The summed E-state index contributed by atoms with van der Waals surface area (Å²) in [7, 11) is 0. The van der Waals surface area contributed by atoms with E-state index in [1.807, 2.05) is 11.0 Å². The van der Waals surface area contributed by atoms with Crippen LogP contribution in [0.1, 0.15) is 32.1 Å². The second-order valence-electron chi connectivity index (χ2n) is 7.25. The van der Waals surface area contributed by atoms with E-state index in [-0.39, 0.29) is 23.5 Å². The van der Waals surface area contributed by atoms with Crippen LogP contribution < -0.4 is 5.32 Å². The quantitative estimate of drug-likeness (QED) is 0.856. The molecule has 7 heteroatoms. The molecule has 0 bridgehead atoms. The Morgan fingerprint density at radius 2 is 1.96 bits per heavy atom. The van der Waals surface area contributed by atoms with E-state index in [1.165, 1.54) is 17.0 Å². The first kappa shape index (κ1) is 19.1. The second-order valence-corrected chi connectivity index (χ2v) is 8.38. The average Bonchev–Trinajstić information content (AvgIpc) is 3.16. The molecule has 0 unspecified atom stereocenters. The first-order chi connectivity index (χ1) is 13.6. The van der Waals surface area contributed by atoms with E-state index in [9.17, 15) is 14.0 Å². The zero-order valence-electron chi connectivity index (χ0n) is 15.6. The Bertz CT molecular complexity index is 859. The highest BCUT2D eigenvalue weighted by molar-refractivity contribution is 7.14. The summed E-state index contributed by atoms with van der Waals surface area (Å²) in [6, 6.07) is 8.12. The van der Waals surface area contributed by atoms with Gasteiger partial charge in [0.2, 0.25) is 5.91 Å². The predicted octanol–water partition coefficient (Wildman–Crippen LogP) is 2.78. The van der Waals surface area contributed by atoms with Crippen molar-refractivity contribution in [3.05, 3.63) is 57.0 Å². The number of morpholine rings is 1. The fraction of sp³-hybridized carbons (Fsp3) is 0.429. The molecule has 2 aliphatic rings. The number of rotatable bonds is 4. The monoisotopic (exact) mass is 402 g/mol. The van der Waals surface area contributed by atoms with E-state index in [0.717, 1.165) is 28.8 Å². The molecule has 1 aromatic carbocycles. The summed E-state index contributed by atoms with van der Waals surface area (Å²) in [5, 5.41) is 2.95. The number of ether oxygens (including phenoxy) is 1. The molecule has 2 aromatic rings. The normalized spacial score (nSPS) is 19.2. The fourth-order valence-corrected chi connectivity index (χ4v) is 4.89. The van der Waals surface area contributed by atoms with Gasteiger partial charge in [-0.2, -0.15) is 0 Å². The van der Waals surface area contributed by atoms with Crippen LogP contribution >= 0.6 is 11.3 Å². The van der Waals surface area contributed by atoms with Crippen LogP contribution in [0.25, 0.3) is 0 Å². The van der Waals surface area contributed by atoms with Crippen LogP contribution in [-0.4, -0.2) is 43.0 Å². The van der Waals surface area contributed by atoms with Crippen LogP contribution in [0.15, 0.2) is 30.3 Å². The zero-order chi connectivity index (χ0) is 19.5. The van der Waals surface area contributed by atoms with Crippen molar-refractivity contribution in [2.24, 2.45) is 5.92 Å². The largest absolute Gasteiger partial charge is 0.378 e. The molecule has 2 heterocycles. The molecule has 1 aromatic heterocycles. The first-order valence-corrected chi connectivity index (χ1v) is 10.4. The van der Waals surface area contributed by atoms with E-state index in [2.05, 4.69) is 5.32 Å². The number of hydrogen-bond acceptors (Lipinski definition) is 4. The van der Waals surface area contributed by atoms with E-state index in [1.54, 1.807) is 23.5 Å². The first-order valence-electron chi connectivity index (χ1n) is 9.61. The number of benzene rings is 1. The van der Waals surface area contributed by atoms with E-state index < -0.39 is 0 Å². The summed E-state index contributed by atoms with van der Waals surface area (Å²) in [6.45, 7) is 2.85. The van der Waals surface area contributed by atoms with E-state index in [4.69, 9.17) is 4.74 Å². The van der Waals surface area contributed by atoms with Gasteiger partial charge in [0.05, 0.1) is 18.1 Å². The third-order valence-corrected chi connectivity index (χ3v) is 6.57. The Hall–Kier alpha value is -2.25. The van der Waals surface area contributed by atoms with Gasteiger partial charge in [0.1, 0.15) is 5.82 Å². The lowest BCUT2D eigenvalue weighted by atomic mass is 9.87. The molecule has 1 N–H and O–H groups in total. The summed E-state index contributed by atoms with van der Waals surface area (Å²) >= 11 is 1.56. The number of hydrogen-bond donors (Lipinski definition) is 1. The van der Waals surface area contributed by atoms with Crippen LogP contribution in [0.2, 0.25) is 0 Å². The highest BCUT2D eigenvalue weighted by Gasteiger charge is 2.28. The minimum Gasteiger partial charge on any atom is -0.378 e. The van der Waals surface area contributed by atoms with E-state index in [0.29, 0.717) is 39.3 Å². The zero-order valence-corrected chi connectivity index (χ0v) is 16.4. The maximum atomic E-state index is 13.0. The highest BCUT2D eigenvalue weighted by atomic mass is 32.1. The number of carbonyl (C=O) groups excluding carboxylic acids is 2. The number of halogens is 1. The second kappa shape index (κ2) is 8.41. The van der Waals surface area contributed by atoms with Gasteiger partial charge in [-0.1, -0.05) is 12.1 Å². The summed E-state index contributed by atoms with van der Waals surface area (Å²) in [5.74, 6) is -0.286. The van der Waals surface area contributed by atoms with Gasteiger partial charge in [0.25, 0.3) is 5.91 Å². The van der Waals surface area contributed by atoms with Gasteiger partial charge in [-0.15, -0.1) is 11.3 Å². The standard InChI is InChI=1S/C21H23FN2O3S/c22-17-4-1-14(2-5-17)13-23-20(25)15-3-6-18-16(11-15)12-19(28-18)21(26)24-7-9-27-10-8-24/h1-2,4-5,12,15H,3,6-11,13H2,(H,23,25)/t15-/m1/s1. The smallest absolute Gasteiger partial charge is 0.264 e. The Labute approximate surface area is 167 Å². The Morgan fingerprint density at radius 3 is 2.71 bits per heavy atom. The molecule has 5 nitrogen and oxygen atoms in total. The summed E-state index contributed by atoms with van der Waals surface area (Å²) < 4.78 is 18.3. The molecule has 0 spiro atoms. The van der Waals surface area contributed by atoms with Gasteiger partial charge in [0.15, 0.2) is 0 Å². The molecule has 1 saturated heterocycles. The highest BCUT2D eigenvalue weighted by Crippen LogP contribution is 2.33. The van der Waals surface area contributed by atoms with Crippen molar-refractivity contribution >= 4 is 23.2 Å². The molecule has 1 aliphatic carbocycles. The van der Waals surface area contributed by atoms with Crippen LogP contribution in [-0.2, 0) is 28.9 Å². The molecule has 1 fully saturated rings. The maximum Gasteiger partial charge on any atom is 0.264 e. The van der Waals surface area contributed by atoms with Crippen molar-refractivity contribution in [1.29, 1.82) is 0 Å². The summed E-state index contributed by atoms with van der Waals surface area (Å²) in [5.41, 5.74) is 2.00. The number of thiophene rings is 1. The van der Waals surface area contributed by atoms with E-state index >= 15 is 0 Å². The van der Waals surface area contributed by atoms with Crippen molar-refractivity contribution in [2.75, 3.05) is 26.3 Å². The SMILES string of the molecule is O=C(NCc1ccc(F)cc1)[C@@H]1CCc2sc(C(=O)N3CCOCC3)cc2C1. The van der Waals surface area contributed by atoms with Gasteiger partial charge < -0.3 is 15.0 Å². The third-order valence-electron chi connectivity index (χ3n) is 5.34. The van der Waals surface area contributed by atoms with Gasteiger partial charge in [0, 0.05) is 30.4 Å². The number of amides is 2. The molecule has 0 saturated carbocycles. The molecule has 1 aliphatic heterocycles. The van der Waals surface area contributed by atoms with Crippen LogP contribution in [0.4, 0.5) is 4.39 Å². The molecular formula is C21H23FN2O3S. The lowest BCUT2D eigenvalue weighted by Crippen LogP contribution is -2.40. The molecular weight excluding hydrogens is 379 g/mol. The van der Waals surface area contributed by atoms with Crippen molar-refractivity contribution in [3.8, 4) is 0 Å². The van der Waals surface area contributed by atoms with Crippen molar-refractivity contribution < 1.29 is 18.7 Å². The number of nitrogens with zero attached hydrogens (tertiary/aromatic N) is 1. The summed E-state index contributed by atoms with van der Waals surface area (Å²) in [4.78, 5) is 29.1. The van der Waals surface area contributed by atoms with Crippen LogP contribution in [0, 0.1) is 11.7 Å². The molecule has 148 valence electrons. The lowest BCUT2D eigenvalue weighted by Gasteiger charge is -2.26. The minimum absolute atomic E-state index is 0.0160. The van der Waals surface area contributed by atoms with Gasteiger partial charge in [-0.25, -0.2) is 4.39 Å². The molecule has 0 radical (unpaired) electrons. The van der Waals surface area contributed by atoms with Gasteiger partial charge in [-0.05, 0) is 48.6 Å². The third kappa shape index (κ3) is 4.25. The van der Waals surface area contributed by atoms with Gasteiger partial charge in [-0.3, -0.25) is 9.59 Å². The van der Waals surface area contributed by atoms with Crippen LogP contribution in [0.3, 0.4) is 0 Å². The molecule has 1 atom stereocenters. The molecule has 28 heavy (non-hydrogen) atoms. The lowest BCUT2D eigenvalue weighted by molar-refractivity contribution is -0.125. The Kier molecular flexibility index (Phi) is 5.73. The number of carbonyl (C=O) groups is 2. The number of fused-ring (bicyclic) bond motifs is 1. The molecule has 2 amide bonds. The number of aryl methyl sites for hydroxylation is 1. The molecule has 4 rings (SSSR count). The van der Waals surface area contributed by atoms with Crippen molar-refractivity contribution in [2.45, 2.75) is 25.8 Å². The topological polar surface area (TPSA) is 58.6 Å². The van der Waals surface area contributed by atoms with Crippen molar-refractivity contribution in [1.82, 2.24) is 10.2 Å². The Morgan fingerprint density at radius 1 is 1.21 bits per heavy atom. The fourth-order valence-electron chi connectivity index (χ4n) is 3.71. The predicted molar refractivity (Wildman–Crippen MR) is 105 cm³/mol. The summed E-state index contributed by atoms with van der Waals surface area (Å²) in [6.07, 6.45) is 2.27. The maximum absolute atomic E-state index is 13.0. The Balaban J connectivity index is 1.36. The van der Waals surface area contributed by atoms with Gasteiger partial charge >= 0.3 is 0 Å². The average molecular weight is 402 g/mol. The number of nitrogens with one attached hydrogen (secondary N) is 1. The van der Waals surface area contributed by atoms with Crippen LogP contribution in [0.5, 0.6) is 0 Å². The minimum atomic E-state index is -0.283.